The summed E-state index contributed by atoms with van der Waals surface area (Å²) in [5.41, 5.74) is 1.35. The van der Waals surface area contributed by atoms with Gasteiger partial charge in [0.05, 0.1) is 19.1 Å². The first-order valence-corrected chi connectivity index (χ1v) is 5.63. The number of rotatable bonds is 4. The van der Waals surface area contributed by atoms with Gasteiger partial charge in [0, 0.05) is 5.56 Å². The molecule has 0 fully saturated rings. The zero-order valence-corrected chi connectivity index (χ0v) is 10.6. The van der Waals surface area contributed by atoms with Crippen molar-refractivity contribution in [2.75, 3.05) is 14.2 Å². The van der Waals surface area contributed by atoms with E-state index >= 15 is 0 Å². The molecule has 0 saturated heterocycles. The number of nitro groups is 1. The number of nitrogens with zero attached hydrogens (tertiary/aromatic N) is 1. The summed E-state index contributed by atoms with van der Waals surface area (Å²) in [7, 11) is 2.80. The maximum absolute atomic E-state index is 11.2. The molecule has 0 unspecified atom stereocenters. The number of hydrogen-bond acceptors (Lipinski definition) is 4. The lowest BCUT2D eigenvalue weighted by atomic mass is 10.0. The van der Waals surface area contributed by atoms with E-state index < -0.39 is 4.92 Å². The van der Waals surface area contributed by atoms with Gasteiger partial charge in [-0.2, -0.15) is 0 Å². The first-order chi connectivity index (χ1) is 9.19. The van der Waals surface area contributed by atoms with Gasteiger partial charge >= 0.3 is 5.69 Å². The van der Waals surface area contributed by atoms with E-state index in [1.54, 1.807) is 12.1 Å². The molecule has 19 heavy (non-hydrogen) atoms. The fraction of sp³-hybridized carbons (Fsp3) is 0.143. The van der Waals surface area contributed by atoms with Gasteiger partial charge in [0.15, 0.2) is 0 Å². The van der Waals surface area contributed by atoms with Gasteiger partial charge in [-0.15, -0.1) is 0 Å². The second kappa shape index (κ2) is 5.39. The van der Waals surface area contributed by atoms with Gasteiger partial charge in [0.2, 0.25) is 11.5 Å². The average molecular weight is 259 g/mol. The largest absolute Gasteiger partial charge is 0.490 e. The fourth-order valence-corrected chi connectivity index (χ4v) is 1.94. The van der Waals surface area contributed by atoms with Crippen LogP contribution in [0.3, 0.4) is 0 Å². The van der Waals surface area contributed by atoms with Gasteiger partial charge in [-0.1, -0.05) is 30.3 Å². The summed E-state index contributed by atoms with van der Waals surface area (Å²) in [6.07, 6.45) is 0. The van der Waals surface area contributed by atoms with Gasteiger partial charge in [-0.05, 0) is 17.7 Å². The molecule has 0 heterocycles. The van der Waals surface area contributed by atoms with Crippen molar-refractivity contribution in [1.82, 2.24) is 0 Å². The molecule has 2 aromatic carbocycles. The van der Waals surface area contributed by atoms with Gasteiger partial charge in [-0.25, -0.2) is 0 Å². The zero-order chi connectivity index (χ0) is 13.8. The van der Waals surface area contributed by atoms with Crippen molar-refractivity contribution >= 4 is 5.69 Å². The van der Waals surface area contributed by atoms with Gasteiger partial charge in [-0.3, -0.25) is 10.1 Å². The van der Waals surface area contributed by atoms with Crippen LogP contribution in [-0.4, -0.2) is 19.1 Å². The number of methoxy groups -OCH3 is 2. The molecule has 0 aromatic heterocycles. The average Bonchev–Trinajstić information content (AvgIpc) is 2.46. The molecule has 0 aliphatic rings. The molecule has 0 amide bonds. The van der Waals surface area contributed by atoms with Crippen LogP contribution in [0.15, 0.2) is 42.5 Å². The molecule has 0 saturated carbocycles. The van der Waals surface area contributed by atoms with Crippen molar-refractivity contribution in [3.63, 3.8) is 0 Å². The van der Waals surface area contributed by atoms with Crippen LogP contribution in [0.25, 0.3) is 11.1 Å². The Morgan fingerprint density at radius 2 is 1.68 bits per heavy atom. The lowest BCUT2D eigenvalue weighted by molar-refractivity contribution is -0.386. The van der Waals surface area contributed by atoms with Crippen LogP contribution >= 0.6 is 0 Å². The highest BCUT2D eigenvalue weighted by atomic mass is 16.6. The monoisotopic (exact) mass is 259 g/mol. The van der Waals surface area contributed by atoms with Crippen LogP contribution in [0.4, 0.5) is 5.69 Å². The predicted molar refractivity (Wildman–Crippen MR) is 71.6 cm³/mol. The van der Waals surface area contributed by atoms with E-state index in [2.05, 4.69) is 0 Å². The van der Waals surface area contributed by atoms with E-state index in [-0.39, 0.29) is 17.2 Å². The minimum Gasteiger partial charge on any atom is -0.490 e. The maximum Gasteiger partial charge on any atom is 0.352 e. The van der Waals surface area contributed by atoms with Crippen LogP contribution < -0.4 is 9.47 Å². The Labute approximate surface area is 110 Å². The predicted octanol–water partition coefficient (Wildman–Crippen LogP) is 3.28. The summed E-state index contributed by atoms with van der Waals surface area (Å²) in [6, 6.07) is 12.7. The molecule has 2 rings (SSSR count). The van der Waals surface area contributed by atoms with E-state index in [1.807, 2.05) is 30.3 Å². The number of nitro benzene ring substituents is 1. The molecule has 2 aromatic rings. The molecule has 0 aliphatic carbocycles. The summed E-state index contributed by atoms with van der Waals surface area (Å²) in [5, 5.41) is 11.2. The van der Waals surface area contributed by atoms with E-state index in [4.69, 9.17) is 9.47 Å². The van der Waals surface area contributed by atoms with E-state index in [0.29, 0.717) is 5.56 Å². The van der Waals surface area contributed by atoms with Gasteiger partial charge in [0.25, 0.3) is 0 Å². The van der Waals surface area contributed by atoms with Crippen LogP contribution in [0.1, 0.15) is 0 Å². The Bertz CT molecular complexity index is 596. The molecular weight excluding hydrogens is 246 g/mol. The molecule has 0 radical (unpaired) electrons. The fourth-order valence-electron chi connectivity index (χ4n) is 1.94. The van der Waals surface area contributed by atoms with Gasteiger partial charge < -0.3 is 9.47 Å². The first-order valence-electron chi connectivity index (χ1n) is 5.63. The minimum absolute atomic E-state index is 0.161. The van der Waals surface area contributed by atoms with Crippen molar-refractivity contribution < 1.29 is 14.4 Å². The topological polar surface area (TPSA) is 61.6 Å². The molecule has 98 valence electrons. The summed E-state index contributed by atoms with van der Waals surface area (Å²) < 4.78 is 10.2. The molecule has 0 atom stereocenters. The van der Waals surface area contributed by atoms with Crippen LogP contribution in [0.5, 0.6) is 11.5 Å². The Hall–Kier alpha value is -2.56. The summed E-state index contributed by atoms with van der Waals surface area (Å²) in [4.78, 5) is 10.7. The molecule has 5 nitrogen and oxygen atoms in total. The standard InChI is InChI=1S/C14H13NO4/c1-18-12-9-8-11(10-6-4-3-5-7-10)14(19-2)13(12)15(16)17/h3-9H,1-2H3. The third kappa shape index (κ3) is 2.35. The summed E-state index contributed by atoms with van der Waals surface area (Å²) >= 11 is 0. The number of hydrogen-bond donors (Lipinski definition) is 0. The lowest BCUT2D eigenvalue weighted by Gasteiger charge is -2.11. The molecule has 0 bridgehead atoms. The molecule has 0 spiro atoms. The summed E-state index contributed by atoms with van der Waals surface area (Å²) in [5.74, 6) is 0.386. The Kier molecular flexibility index (Phi) is 3.66. The minimum atomic E-state index is -0.496. The third-order valence-electron chi connectivity index (χ3n) is 2.79. The zero-order valence-electron chi connectivity index (χ0n) is 10.6. The maximum atomic E-state index is 11.2. The second-order valence-corrected chi connectivity index (χ2v) is 3.82. The quantitative estimate of drug-likeness (QED) is 0.624. The highest BCUT2D eigenvalue weighted by Crippen LogP contribution is 2.43. The van der Waals surface area contributed by atoms with Crippen LogP contribution in [0.2, 0.25) is 0 Å². The van der Waals surface area contributed by atoms with Crippen molar-refractivity contribution in [2.45, 2.75) is 0 Å². The number of benzene rings is 2. The van der Waals surface area contributed by atoms with Crippen LogP contribution in [-0.2, 0) is 0 Å². The SMILES string of the molecule is COc1ccc(-c2ccccc2)c(OC)c1[N+](=O)[O-]. The first kappa shape index (κ1) is 12.9. The Balaban J connectivity index is 2.70. The Morgan fingerprint density at radius 1 is 1.00 bits per heavy atom. The summed E-state index contributed by atoms with van der Waals surface area (Å²) in [6.45, 7) is 0. The van der Waals surface area contributed by atoms with Crippen molar-refractivity contribution in [2.24, 2.45) is 0 Å². The normalized spacial score (nSPS) is 10.0. The lowest BCUT2D eigenvalue weighted by Crippen LogP contribution is -1.99. The molecule has 0 N–H and O–H groups in total. The number of ether oxygens (including phenoxy) is 2. The molecule has 0 aliphatic heterocycles. The van der Waals surface area contributed by atoms with Gasteiger partial charge in [0.1, 0.15) is 0 Å². The third-order valence-corrected chi connectivity index (χ3v) is 2.79. The highest BCUT2D eigenvalue weighted by molar-refractivity contribution is 5.78. The second-order valence-electron chi connectivity index (χ2n) is 3.82. The van der Waals surface area contributed by atoms with Crippen molar-refractivity contribution in [3.05, 3.63) is 52.6 Å². The smallest absolute Gasteiger partial charge is 0.352 e. The highest BCUT2D eigenvalue weighted by Gasteiger charge is 2.25. The van der Waals surface area contributed by atoms with E-state index in [1.165, 1.54) is 14.2 Å². The van der Waals surface area contributed by atoms with E-state index in [9.17, 15) is 10.1 Å². The molecular formula is C14H13NO4. The van der Waals surface area contributed by atoms with Crippen molar-refractivity contribution in [3.8, 4) is 22.6 Å². The van der Waals surface area contributed by atoms with E-state index in [0.717, 1.165) is 5.56 Å². The molecule has 5 heteroatoms. The Morgan fingerprint density at radius 3 is 2.21 bits per heavy atom. The van der Waals surface area contributed by atoms with Crippen LogP contribution in [0, 0.1) is 10.1 Å². The van der Waals surface area contributed by atoms with Crippen molar-refractivity contribution in [1.29, 1.82) is 0 Å².